The van der Waals surface area contributed by atoms with Gasteiger partial charge in [-0.2, -0.15) is 5.10 Å². The minimum atomic E-state index is 0.749. The summed E-state index contributed by atoms with van der Waals surface area (Å²) in [6.07, 6.45) is 1.04. The monoisotopic (exact) mass is 246 g/mol. The third-order valence-corrected chi connectivity index (χ3v) is 3.33. The predicted octanol–water partition coefficient (Wildman–Crippen LogP) is 1.74. The van der Waals surface area contributed by atoms with Crippen molar-refractivity contribution in [3.63, 3.8) is 0 Å². The van der Waals surface area contributed by atoms with E-state index in [1.165, 1.54) is 10.9 Å². The molecule has 0 atom stereocenters. The summed E-state index contributed by atoms with van der Waals surface area (Å²) in [6, 6.07) is 8.39. The van der Waals surface area contributed by atoms with E-state index in [0.717, 1.165) is 38.3 Å². The highest BCUT2D eigenvalue weighted by molar-refractivity contribution is 5.81. The van der Waals surface area contributed by atoms with Crippen LogP contribution in [0, 0.1) is 0 Å². The van der Waals surface area contributed by atoms with Crippen molar-refractivity contribution in [1.29, 1.82) is 0 Å². The molecule has 4 heteroatoms. The molecule has 0 radical (unpaired) electrons. The summed E-state index contributed by atoms with van der Waals surface area (Å²) in [7, 11) is 2.00. The Morgan fingerprint density at radius 3 is 2.83 bits per heavy atom. The Balaban J connectivity index is 2.20. The lowest BCUT2D eigenvalue weighted by Gasteiger charge is -2.18. The molecule has 2 rings (SSSR count). The summed E-state index contributed by atoms with van der Waals surface area (Å²) < 4.78 is 1.96. The number of hydrogen-bond donors (Lipinski definition) is 1. The zero-order chi connectivity index (χ0) is 13.0. The first kappa shape index (κ1) is 13.1. The maximum absolute atomic E-state index is 5.57. The van der Waals surface area contributed by atoms with Crippen LogP contribution >= 0.6 is 0 Å². The molecule has 1 aromatic carbocycles. The van der Waals surface area contributed by atoms with Gasteiger partial charge in [0.25, 0.3) is 0 Å². The van der Waals surface area contributed by atoms with Crippen molar-refractivity contribution in [1.82, 2.24) is 14.7 Å². The predicted molar refractivity (Wildman–Crippen MR) is 75.3 cm³/mol. The minimum absolute atomic E-state index is 0.749. The smallest absolute Gasteiger partial charge is 0.0843 e. The number of aromatic nitrogens is 2. The second-order valence-electron chi connectivity index (χ2n) is 4.60. The van der Waals surface area contributed by atoms with Gasteiger partial charge in [-0.05, 0) is 32.1 Å². The number of nitrogens with two attached hydrogens (primary N) is 1. The molecule has 2 aromatic rings. The molecule has 0 saturated carbocycles. The zero-order valence-electron chi connectivity index (χ0n) is 11.3. The molecule has 0 saturated heterocycles. The Bertz CT molecular complexity index is 503. The number of fused-ring (bicyclic) bond motifs is 1. The highest BCUT2D eigenvalue weighted by Gasteiger charge is 2.11. The number of nitrogens with zero attached hydrogens (tertiary/aromatic N) is 3. The van der Waals surface area contributed by atoms with Crippen LogP contribution in [0.25, 0.3) is 10.9 Å². The topological polar surface area (TPSA) is 47.1 Å². The number of aryl methyl sites for hydroxylation is 1. The minimum Gasteiger partial charge on any atom is -0.330 e. The van der Waals surface area contributed by atoms with Crippen molar-refractivity contribution < 1.29 is 0 Å². The number of benzene rings is 1. The normalized spacial score (nSPS) is 11.6. The lowest BCUT2D eigenvalue weighted by atomic mass is 10.2. The van der Waals surface area contributed by atoms with E-state index in [0.29, 0.717) is 0 Å². The zero-order valence-corrected chi connectivity index (χ0v) is 11.3. The maximum Gasteiger partial charge on any atom is 0.0843 e. The Hall–Kier alpha value is -1.39. The average Bonchev–Trinajstić information content (AvgIpc) is 2.72. The van der Waals surface area contributed by atoms with E-state index in [1.54, 1.807) is 0 Å². The van der Waals surface area contributed by atoms with Gasteiger partial charge >= 0.3 is 0 Å². The van der Waals surface area contributed by atoms with Crippen LogP contribution in [0.15, 0.2) is 24.3 Å². The Labute approximate surface area is 108 Å². The summed E-state index contributed by atoms with van der Waals surface area (Å²) in [5.74, 6) is 0. The van der Waals surface area contributed by atoms with E-state index in [9.17, 15) is 0 Å². The molecule has 0 fully saturated rings. The average molecular weight is 246 g/mol. The molecule has 1 aromatic heterocycles. The fourth-order valence-electron chi connectivity index (χ4n) is 2.28. The van der Waals surface area contributed by atoms with Crippen LogP contribution in [0.4, 0.5) is 0 Å². The molecule has 98 valence electrons. The Morgan fingerprint density at radius 1 is 1.33 bits per heavy atom. The van der Waals surface area contributed by atoms with Gasteiger partial charge in [0.05, 0.1) is 11.2 Å². The maximum atomic E-state index is 5.57. The van der Waals surface area contributed by atoms with Gasteiger partial charge in [0, 0.05) is 19.0 Å². The molecule has 0 amide bonds. The number of para-hydroxylation sites is 1. The first-order valence-electron chi connectivity index (χ1n) is 6.59. The Morgan fingerprint density at radius 2 is 2.11 bits per heavy atom. The van der Waals surface area contributed by atoms with Gasteiger partial charge in [-0.15, -0.1) is 0 Å². The van der Waals surface area contributed by atoms with E-state index < -0.39 is 0 Å². The SMILES string of the molecule is CCN(CCCN)Cc1nn(C)c2ccccc12. The first-order chi connectivity index (χ1) is 8.76. The number of rotatable bonds is 6. The van der Waals surface area contributed by atoms with E-state index in [2.05, 4.69) is 41.2 Å². The molecule has 1 heterocycles. The van der Waals surface area contributed by atoms with E-state index in [-0.39, 0.29) is 0 Å². The highest BCUT2D eigenvalue weighted by atomic mass is 15.3. The summed E-state index contributed by atoms with van der Waals surface area (Å²) >= 11 is 0. The van der Waals surface area contributed by atoms with Crippen LogP contribution in [-0.2, 0) is 13.6 Å². The third kappa shape index (κ3) is 2.71. The molecular formula is C14H22N4. The molecule has 4 nitrogen and oxygen atoms in total. The summed E-state index contributed by atoms with van der Waals surface area (Å²) in [4.78, 5) is 2.39. The fourth-order valence-corrected chi connectivity index (χ4v) is 2.28. The standard InChI is InChI=1S/C14H22N4/c1-3-18(10-6-9-15)11-13-12-7-4-5-8-14(12)17(2)16-13/h4-5,7-8H,3,6,9-11,15H2,1-2H3. The van der Waals surface area contributed by atoms with Gasteiger partial charge in [-0.3, -0.25) is 9.58 Å². The fraction of sp³-hybridized carbons (Fsp3) is 0.500. The van der Waals surface area contributed by atoms with Crippen LogP contribution in [0.3, 0.4) is 0 Å². The molecule has 0 spiro atoms. The third-order valence-electron chi connectivity index (χ3n) is 3.33. The van der Waals surface area contributed by atoms with Crippen molar-refractivity contribution in [3.05, 3.63) is 30.0 Å². The van der Waals surface area contributed by atoms with Crippen molar-refractivity contribution >= 4 is 10.9 Å². The van der Waals surface area contributed by atoms with Gasteiger partial charge in [-0.25, -0.2) is 0 Å². The van der Waals surface area contributed by atoms with Crippen molar-refractivity contribution in [2.24, 2.45) is 12.8 Å². The van der Waals surface area contributed by atoms with Crippen LogP contribution in [0.2, 0.25) is 0 Å². The van der Waals surface area contributed by atoms with Gasteiger partial charge in [0.1, 0.15) is 0 Å². The molecule has 0 bridgehead atoms. The molecule has 18 heavy (non-hydrogen) atoms. The first-order valence-corrected chi connectivity index (χ1v) is 6.59. The Kier molecular flexibility index (Phi) is 4.33. The van der Waals surface area contributed by atoms with Crippen LogP contribution in [0.5, 0.6) is 0 Å². The van der Waals surface area contributed by atoms with E-state index in [4.69, 9.17) is 5.73 Å². The summed E-state index contributed by atoms with van der Waals surface area (Å²) in [5.41, 5.74) is 7.93. The second-order valence-corrected chi connectivity index (χ2v) is 4.60. The highest BCUT2D eigenvalue weighted by Crippen LogP contribution is 2.18. The van der Waals surface area contributed by atoms with Gasteiger partial charge < -0.3 is 5.73 Å². The van der Waals surface area contributed by atoms with Crippen LogP contribution in [-0.4, -0.2) is 34.3 Å². The molecule has 0 unspecified atom stereocenters. The van der Waals surface area contributed by atoms with Crippen molar-refractivity contribution in [2.75, 3.05) is 19.6 Å². The lowest BCUT2D eigenvalue weighted by Crippen LogP contribution is -2.26. The molecule has 0 aliphatic carbocycles. The van der Waals surface area contributed by atoms with Gasteiger partial charge in [-0.1, -0.05) is 25.1 Å². The summed E-state index contributed by atoms with van der Waals surface area (Å²) in [6.45, 7) is 5.90. The molecule has 0 aliphatic rings. The largest absolute Gasteiger partial charge is 0.330 e. The van der Waals surface area contributed by atoms with Crippen LogP contribution < -0.4 is 5.73 Å². The van der Waals surface area contributed by atoms with Crippen LogP contribution in [0.1, 0.15) is 19.0 Å². The van der Waals surface area contributed by atoms with Crippen molar-refractivity contribution in [3.8, 4) is 0 Å². The van der Waals surface area contributed by atoms with Gasteiger partial charge in [0.15, 0.2) is 0 Å². The quantitative estimate of drug-likeness (QED) is 0.844. The molecule has 0 aliphatic heterocycles. The number of hydrogen-bond acceptors (Lipinski definition) is 3. The lowest BCUT2D eigenvalue weighted by molar-refractivity contribution is 0.275. The molecule has 2 N–H and O–H groups in total. The van der Waals surface area contributed by atoms with E-state index >= 15 is 0 Å². The van der Waals surface area contributed by atoms with E-state index in [1.807, 2.05) is 11.7 Å². The molecular weight excluding hydrogens is 224 g/mol. The second kappa shape index (κ2) is 5.98. The summed E-state index contributed by atoms with van der Waals surface area (Å²) in [5, 5.41) is 5.89. The van der Waals surface area contributed by atoms with Crippen molar-refractivity contribution in [2.45, 2.75) is 19.9 Å². The van der Waals surface area contributed by atoms with Gasteiger partial charge in [0.2, 0.25) is 0 Å².